The number of hydrogen-bond acceptors (Lipinski definition) is 3. The van der Waals surface area contributed by atoms with Crippen molar-refractivity contribution in [2.45, 2.75) is 39.3 Å². The summed E-state index contributed by atoms with van der Waals surface area (Å²) in [5.41, 5.74) is 1.32. The molecule has 1 heterocycles. The molecule has 2 rings (SSSR count). The summed E-state index contributed by atoms with van der Waals surface area (Å²) in [4.78, 5) is 6.58. The third-order valence-corrected chi connectivity index (χ3v) is 4.46. The average Bonchev–Trinajstić information content (AvgIpc) is 2.94. The van der Waals surface area contributed by atoms with E-state index in [-0.39, 0.29) is 6.61 Å². The van der Waals surface area contributed by atoms with Gasteiger partial charge in [-0.15, -0.1) is 0 Å². The minimum atomic E-state index is 0.165. The van der Waals surface area contributed by atoms with Crippen molar-refractivity contribution in [1.29, 1.82) is 0 Å². The molecule has 0 amide bonds. The molecule has 0 aliphatic heterocycles. The molecule has 0 radical (unpaired) electrons. The highest BCUT2D eigenvalue weighted by molar-refractivity contribution is 6.30. The Labute approximate surface area is 150 Å². The molecule has 0 bridgehead atoms. The van der Waals surface area contributed by atoms with Crippen LogP contribution in [0.3, 0.4) is 0 Å². The molecule has 1 N–H and O–H groups in total. The second-order valence-electron chi connectivity index (χ2n) is 6.84. The van der Waals surface area contributed by atoms with Crippen LogP contribution in [0.15, 0.2) is 36.7 Å². The third-order valence-electron chi connectivity index (χ3n) is 4.21. The summed E-state index contributed by atoms with van der Waals surface area (Å²) in [6.07, 6.45) is 5.02. The molecule has 24 heavy (non-hydrogen) atoms. The highest BCUT2D eigenvalue weighted by Crippen LogP contribution is 2.27. The van der Waals surface area contributed by atoms with Gasteiger partial charge in [-0.25, -0.2) is 4.98 Å². The lowest BCUT2D eigenvalue weighted by Gasteiger charge is -2.22. The van der Waals surface area contributed by atoms with Crippen LogP contribution in [0, 0.1) is 5.92 Å². The van der Waals surface area contributed by atoms with Gasteiger partial charge < -0.3 is 9.67 Å². The van der Waals surface area contributed by atoms with E-state index in [1.807, 2.05) is 31.6 Å². The number of likely N-dealkylation sites (N-methyl/N-ethyl adjacent to an activating group) is 1. The first-order valence-corrected chi connectivity index (χ1v) is 8.92. The van der Waals surface area contributed by atoms with Crippen LogP contribution in [0.25, 0.3) is 0 Å². The molecule has 0 aliphatic rings. The molecule has 0 saturated carbocycles. The maximum Gasteiger partial charge on any atom is 0.122 e. The number of benzene rings is 1. The number of aliphatic hydroxyl groups is 1. The molecule has 0 fully saturated rings. The van der Waals surface area contributed by atoms with E-state index in [9.17, 15) is 0 Å². The molecule has 1 aromatic heterocycles. The Morgan fingerprint density at radius 2 is 1.96 bits per heavy atom. The SMILES string of the molecule is CC(C)CC(Cn1ccnc1CN(C)CCO)c1ccc(Cl)cc1. The van der Waals surface area contributed by atoms with Crippen LogP contribution in [-0.4, -0.2) is 39.8 Å². The Balaban J connectivity index is 2.15. The van der Waals surface area contributed by atoms with Gasteiger partial charge in [-0.3, -0.25) is 4.90 Å². The first kappa shape index (κ1) is 19.0. The van der Waals surface area contributed by atoms with Crippen LogP contribution in [0.2, 0.25) is 5.02 Å². The largest absolute Gasteiger partial charge is 0.395 e. The Bertz CT molecular complexity index is 609. The van der Waals surface area contributed by atoms with Crippen LogP contribution >= 0.6 is 11.6 Å². The quantitative estimate of drug-likeness (QED) is 0.748. The maximum atomic E-state index is 9.07. The van der Waals surface area contributed by atoms with Gasteiger partial charge in [0, 0.05) is 36.4 Å². The molecule has 1 aromatic carbocycles. The van der Waals surface area contributed by atoms with Gasteiger partial charge in [-0.2, -0.15) is 0 Å². The molecule has 0 saturated heterocycles. The maximum absolute atomic E-state index is 9.07. The molecule has 2 aromatic rings. The number of hydrogen-bond donors (Lipinski definition) is 1. The first-order chi connectivity index (χ1) is 11.5. The van der Waals surface area contributed by atoms with Crippen molar-refractivity contribution in [1.82, 2.24) is 14.5 Å². The lowest BCUT2D eigenvalue weighted by Crippen LogP contribution is -2.24. The van der Waals surface area contributed by atoms with Crippen molar-refractivity contribution in [2.75, 3.05) is 20.2 Å². The van der Waals surface area contributed by atoms with Gasteiger partial charge in [0.05, 0.1) is 13.2 Å². The van der Waals surface area contributed by atoms with Crippen molar-refractivity contribution in [3.63, 3.8) is 0 Å². The monoisotopic (exact) mass is 349 g/mol. The van der Waals surface area contributed by atoms with E-state index in [2.05, 4.69) is 40.4 Å². The molecular formula is C19H28ClN3O. The molecule has 4 nitrogen and oxygen atoms in total. The Hall–Kier alpha value is -1.36. The summed E-state index contributed by atoms with van der Waals surface area (Å²) in [5.74, 6) is 2.08. The standard InChI is InChI=1S/C19H28ClN3O/c1-15(2)12-17(16-4-6-18(20)7-5-16)13-23-9-8-21-19(23)14-22(3)10-11-24/h4-9,15,17,24H,10-14H2,1-3H3. The molecule has 1 unspecified atom stereocenters. The highest BCUT2D eigenvalue weighted by Gasteiger charge is 2.16. The zero-order chi connectivity index (χ0) is 17.5. The summed E-state index contributed by atoms with van der Waals surface area (Å²) < 4.78 is 2.23. The lowest BCUT2D eigenvalue weighted by molar-refractivity contribution is 0.212. The summed E-state index contributed by atoms with van der Waals surface area (Å²) >= 11 is 6.04. The van der Waals surface area contributed by atoms with Crippen LogP contribution in [0.4, 0.5) is 0 Å². The van der Waals surface area contributed by atoms with E-state index in [4.69, 9.17) is 16.7 Å². The van der Waals surface area contributed by atoms with Crippen LogP contribution in [0.5, 0.6) is 0 Å². The number of imidazole rings is 1. The molecule has 0 aliphatic carbocycles. The van der Waals surface area contributed by atoms with Crippen LogP contribution in [-0.2, 0) is 13.1 Å². The third kappa shape index (κ3) is 5.62. The molecule has 0 spiro atoms. The zero-order valence-electron chi connectivity index (χ0n) is 14.8. The van der Waals surface area contributed by atoms with Gasteiger partial charge in [-0.05, 0) is 37.1 Å². The van der Waals surface area contributed by atoms with Crippen molar-refractivity contribution in [2.24, 2.45) is 5.92 Å². The fourth-order valence-corrected chi connectivity index (χ4v) is 3.13. The highest BCUT2D eigenvalue weighted by atomic mass is 35.5. The van der Waals surface area contributed by atoms with Gasteiger partial charge in [-0.1, -0.05) is 37.6 Å². The fraction of sp³-hybridized carbons (Fsp3) is 0.526. The van der Waals surface area contributed by atoms with E-state index >= 15 is 0 Å². The number of halogens is 1. The van der Waals surface area contributed by atoms with Crippen molar-refractivity contribution in [3.05, 3.63) is 53.1 Å². The summed E-state index contributed by atoms with van der Waals surface area (Å²) in [6.45, 7) is 6.97. The van der Waals surface area contributed by atoms with Gasteiger partial charge in [0.2, 0.25) is 0 Å². The Morgan fingerprint density at radius 3 is 2.58 bits per heavy atom. The number of nitrogens with zero attached hydrogens (tertiary/aromatic N) is 3. The minimum absolute atomic E-state index is 0.165. The molecule has 5 heteroatoms. The number of aromatic nitrogens is 2. The average molecular weight is 350 g/mol. The first-order valence-electron chi connectivity index (χ1n) is 8.54. The number of aliphatic hydroxyl groups excluding tert-OH is 1. The van der Waals surface area contributed by atoms with E-state index in [0.717, 1.165) is 30.4 Å². The number of rotatable bonds is 9. The lowest BCUT2D eigenvalue weighted by atomic mass is 9.90. The summed E-state index contributed by atoms with van der Waals surface area (Å²) in [6, 6.07) is 8.19. The van der Waals surface area contributed by atoms with Gasteiger partial charge in [0.15, 0.2) is 0 Å². The van der Waals surface area contributed by atoms with Crippen molar-refractivity contribution < 1.29 is 5.11 Å². The van der Waals surface area contributed by atoms with Crippen molar-refractivity contribution in [3.8, 4) is 0 Å². The Morgan fingerprint density at radius 1 is 1.25 bits per heavy atom. The van der Waals surface area contributed by atoms with E-state index < -0.39 is 0 Å². The Kier molecular flexibility index (Phi) is 7.28. The van der Waals surface area contributed by atoms with E-state index in [1.165, 1.54) is 5.56 Å². The predicted molar refractivity (Wildman–Crippen MR) is 99.3 cm³/mol. The second-order valence-corrected chi connectivity index (χ2v) is 7.27. The fourth-order valence-electron chi connectivity index (χ4n) is 3.01. The van der Waals surface area contributed by atoms with E-state index in [0.29, 0.717) is 18.4 Å². The smallest absolute Gasteiger partial charge is 0.122 e. The van der Waals surface area contributed by atoms with Crippen LogP contribution in [0.1, 0.15) is 37.6 Å². The molecule has 132 valence electrons. The normalized spacial score (nSPS) is 13.0. The zero-order valence-corrected chi connectivity index (χ0v) is 15.6. The van der Waals surface area contributed by atoms with E-state index in [1.54, 1.807) is 0 Å². The predicted octanol–water partition coefficient (Wildman–Crippen LogP) is 3.79. The van der Waals surface area contributed by atoms with Gasteiger partial charge in [0.25, 0.3) is 0 Å². The van der Waals surface area contributed by atoms with Crippen LogP contribution < -0.4 is 0 Å². The molecule has 1 atom stereocenters. The second kappa shape index (κ2) is 9.21. The van der Waals surface area contributed by atoms with Gasteiger partial charge in [0.1, 0.15) is 5.82 Å². The van der Waals surface area contributed by atoms with Gasteiger partial charge >= 0.3 is 0 Å². The summed E-state index contributed by atoms with van der Waals surface area (Å²) in [5, 5.41) is 9.84. The van der Waals surface area contributed by atoms with Crippen molar-refractivity contribution >= 4 is 11.6 Å². The topological polar surface area (TPSA) is 41.3 Å². The minimum Gasteiger partial charge on any atom is -0.395 e. The molecular weight excluding hydrogens is 322 g/mol. The summed E-state index contributed by atoms with van der Waals surface area (Å²) in [7, 11) is 2.00.